The molecule has 11 aromatic rings. The van der Waals surface area contributed by atoms with E-state index in [-0.39, 0.29) is 0 Å². The lowest BCUT2D eigenvalue weighted by molar-refractivity contribution is 0.670. The van der Waals surface area contributed by atoms with Gasteiger partial charge in [-0.25, -0.2) is 0 Å². The van der Waals surface area contributed by atoms with Crippen molar-refractivity contribution in [2.24, 2.45) is 0 Å². The normalized spacial score (nSPS) is 12.5. The molecule has 0 radical (unpaired) electrons. The monoisotopic (exact) mass is 587 g/mol. The highest BCUT2D eigenvalue weighted by Gasteiger charge is 2.25. The molecule has 0 fully saturated rings. The van der Waals surface area contributed by atoms with Gasteiger partial charge in [0.25, 0.3) is 0 Å². The minimum atomic E-state index is 0.901. The average molecular weight is 588 g/mol. The van der Waals surface area contributed by atoms with Gasteiger partial charge in [0.2, 0.25) is 0 Å². The quantitative estimate of drug-likeness (QED) is 0.201. The molecule has 3 heteroatoms. The van der Waals surface area contributed by atoms with E-state index in [2.05, 4.69) is 133 Å². The molecule has 11 rings (SSSR count). The fourth-order valence-corrected chi connectivity index (χ4v) is 8.00. The van der Waals surface area contributed by atoms with Crippen molar-refractivity contribution in [1.82, 2.24) is 4.40 Å². The van der Waals surface area contributed by atoms with Crippen LogP contribution in [0.25, 0.3) is 104 Å². The predicted molar refractivity (Wildman–Crippen MR) is 191 cm³/mol. The Morgan fingerprint density at radius 2 is 0.935 bits per heavy atom. The van der Waals surface area contributed by atoms with Gasteiger partial charge in [-0.2, -0.15) is 0 Å². The Hall–Kier alpha value is -6.06. The van der Waals surface area contributed by atoms with E-state index in [0.29, 0.717) is 0 Å². The van der Waals surface area contributed by atoms with Crippen molar-refractivity contribution in [3.8, 4) is 22.3 Å². The van der Waals surface area contributed by atoms with Crippen LogP contribution in [-0.4, -0.2) is 4.40 Å². The molecule has 214 valence electrons. The molecule has 0 atom stereocenters. The van der Waals surface area contributed by atoms with Crippen molar-refractivity contribution in [2.75, 3.05) is 0 Å². The molecule has 46 heavy (non-hydrogen) atoms. The lowest BCUT2D eigenvalue weighted by Crippen LogP contribution is -1.86. The Morgan fingerprint density at radius 1 is 0.391 bits per heavy atom. The number of hydrogen-bond acceptors (Lipinski definition) is 2. The maximum atomic E-state index is 6.68. The number of nitrogens with zero attached hydrogens (tertiary/aromatic N) is 1. The van der Waals surface area contributed by atoms with Crippen LogP contribution in [0.4, 0.5) is 0 Å². The van der Waals surface area contributed by atoms with E-state index in [1.54, 1.807) is 0 Å². The molecule has 0 unspecified atom stereocenters. The molecule has 0 N–H and O–H groups in total. The van der Waals surface area contributed by atoms with E-state index >= 15 is 0 Å². The highest BCUT2D eigenvalue weighted by Crippen LogP contribution is 2.47. The molecule has 0 aliphatic heterocycles. The summed E-state index contributed by atoms with van der Waals surface area (Å²) >= 11 is 0. The maximum Gasteiger partial charge on any atom is 0.160 e. The Labute approximate surface area is 262 Å². The number of rotatable bonds is 2. The summed E-state index contributed by atoms with van der Waals surface area (Å²) in [6.07, 6.45) is 0. The topological polar surface area (TPSA) is 30.7 Å². The summed E-state index contributed by atoms with van der Waals surface area (Å²) in [6, 6.07) is 47.8. The van der Waals surface area contributed by atoms with Crippen LogP contribution in [0.15, 0.2) is 142 Å². The SMILES string of the molecule is Cc1cc(-c2ccccc2)ccc1-c1cc2c3ccc4c5ccccc5oc4c3n3c2c(c1)c1ccc2c4ccccc4oc2c13. The van der Waals surface area contributed by atoms with Gasteiger partial charge in [0.15, 0.2) is 11.2 Å². The third-order valence-corrected chi connectivity index (χ3v) is 10.0. The number of aromatic nitrogens is 1. The van der Waals surface area contributed by atoms with Crippen LogP contribution in [0.3, 0.4) is 0 Å². The van der Waals surface area contributed by atoms with E-state index < -0.39 is 0 Å². The highest BCUT2D eigenvalue weighted by molar-refractivity contribution is 6.32. The Kier molecular flexibility index (Phi) is 4.52. The largest absolute Gasteiger partial charge is 0.454 e. The van der Waals surface area contributed by atoms with Crippen molar-refractivity contribution in [3.63, 3.8) is 0 Å². The molecular formula is C43H25NO2. The summed E-state index contributed by atoms with van der Waals surface area (Å²) in [6.45, 7) is 2.22. The number of hydrogen-bond donors (Lipinski definition) is 0. The second-order valence-electron chi connectivity index (χ2n) is 12.5. The summed E-state index contributed by atoms with van der Waals surface area (Å²) in [5.74, 6) is 0. The molecule has 0 aliphatic rings. The van der Waals surface area contributed by atoms with Gasteiger partial charge < -0.3 is 13.2 Å². The standard InChI is InChI=1S/C43H25NO2/c1-24-21-26(25-9-3-2-4-10-25)15-16-28(24)27-22-35-31-17-19-33-29-11-5-7-13-37(29)45-42(33)40(31)44-39(35)36(23-27)32-18-20-34-30-12-6-8-14-38(30)46-43(34)41(32)44/h2-23H,1H3. The number of furan rings is 2. The van der Waals surface area contributed by atoms with Crippen molar-refractivity contribution in [3.05, 3.63) is 139 Å². The van der Waals surface area contributed by atoms with Crippen LogP contribution in [0.2, 0.25) is 0 Å². The number of aryl methyl sites for hydroxylation is 1. The van der Waals surface area contributed by atoms with Gasteiger partial charge in [0.1, 0.15) is 11.2 Å². The van der Waals surface area contributed by atoms with E-state index in [0.717, 1.165) is 54.9 Å². The van der Waals surface area contributed by atoms with Gasteiger partial charge in [0.05, 0.1) is 16.6 Å². The van der Waals surface area contributed by atoms with E-state index in [4.69, 9.17) is 8.83 Å². The average Bonchev–Trinajstić information content (AvgIpc) is 3.84. The molecule has 0 saturated heterocycles. The van der Waals surface area contributed by atoms with Crippen molar-refractivity contribution < 1.29 is 8.83 Å². The molecule has 4 aromatic heterocycles. The molecule has 0 amide bonds. The van der Waals surface area contributed by atoms with E-state index in [9.17, 15) is 0 Å². The molecule has 0 saturated carbocycles. The summed E-state index contributed by atoms with van der Waals surface area (Å²) in [4.78, 5) is 0. The third kappa shape index (κ3) is 3.02. The van der Waals surface area contributed by atoms with Crippen LogP contribution in [0.5, 0.6) is 0 Å². The minimum absolute atomic E-state index is 0.901. The van der Waals surface area contributed by atoms with Gasteiger partial charge in [-0.3, -0.25) is 0 Å². The first-order valence-electron chi connectivity index (χ1n) is 15.8. The number of benzene rings is 7. The van der Waals surface area contributed by atoms with Crippen LogP contribution in [-0.2, 0) is 0 Å². The van der Waals surface area contributed by atoms with Gasteiger partial charge in [-0.15, -0.1) is 0 Å². The third-order valence-electron chi connectivity index (χ3n) is 10.0. The Bertz CT molecular complexity index is 2870. The number of para-hydroxylation sites is 2. The summed E-state index contributed by atoms with van der Waals surface area (Å²) in [7, 11) is 0. The zero-order chi connectivity index (χ0) is 30.1. The fraction of sp³-hybridized carbons (Fsp3) is 0.0233. The van der Waals surface area contributed by atoms with Crippen LogP contribution < -0.4 is 0 Å². The van der Waals surface area contributed by atoms with Gasteiger partial charge in [-0.05, 0) is 71.1 Å². The zero-order valence-electron chi connectivity index (χ0n) is 25.0. The molecular weight excluding hydrogens is 562 g/mol. The van der Waals surface area contributed by atoms with Crippen LogP contribution in [0.1, 0.15) is 5.56 Å². The van der Waals surface area contributed by atoms with Crippen molar-refractivity contribution in [1.29, 1.82) is 0 Å². The first-order chi connectivity index (χ1) is 22.7. The lowest BCUT2D eigenvalue weighted by Gasteiger charge is -2.10. The fourth-order valence-electron chi connectivity index (χ4n) is 8.00. The first kappa shape index (κ1) is 24.3. The molecule has 0 spiro atoms. The van der Waals surface area contributed by atoms with Gasteiger partial charge >= 0.3 is 0 Å². The van der Waals surface area contributed by atoms with Gasteiger partial charge in [0, 0.05) is 43.1 Å². The summed E-state index contributed by atoms with van der Waals surface area (Å²) < 4.78 is 15.8. The summed E-state index contributed by atoms with van der Waals surface area (Å²) in [5.41, 5.74) is 13.2. The smallest absolute Gasteiger partial charge is 0.160 e. The Balaban J connectivity index is 1.31. The van der Waals surface area contributed by atoms with Crippen LogP contribution >= 0.6 is 0 Å². The van der Waals surface area contributed by atoms with Crippen molar-refractivity contribution >= 4 is 82.0 Å². The van der Waals surface area contributed by atoms with E-state index in [1.165, 1.54) is 54.9 Å². The molecule has 0 bridgehead atoms. The first-order valence-corrected chi connectivity index (χ1v) is 15.8. The molecule has 7 aromatic carbocycles. The number of fused-ring (bicyclic) bond motifs is 14. The lowest BCUT2D eigenvalue weighted by atomic mass is 9.93. The molecule has 0 aliphatic carbocycles. The Morgan fingerprint density at radius 3 is 1.52 bits per heavy atom. The molecule has 4 heterocycles. The molecule has 3 nitrogen and oxygen atoms in total. The zero-order valence-corrected chi connectivity index (χ0v) is 25.0. The van der Waals surface area contributed by atoms with Crippen LogP contribution in [0, 0.1) is 6.92 Å². The second kappa shape index (κ2) is 8.56. The van der Waals surface area contributed by atoms with E-state index in [1.807, 2.05) is 12.1 Å². The summed E-state index contributed by atoms with van der Waals surface area (Å²) in [5, 5.41) is 9.32. The highest BCUT2D eigenvalue weighted by atomic mass is 16.3. The van der Waals surface area contributed by atoms with Crippen molar-refractivity contribution in [2.45, 2.75) is 6.92 Å². The minimum Gasteiger partial charge on any atom is -0.454 e. The second-order valence-corrected chi connectivity index (χ2v) is 12.5. The predicted octanol–water partition coefficient (Wildman–Crippen LogP) is 12.3. The van der Waals surface area contributed by atoms with Gasteiger partial charge in [-0.1, -0.05) is 97.1 Å². The maximum absolute atomic E-state index is 6.68.